The summed E-state index contributed by atoms with van der Waals surface area (Å²) in [5.41, 5.74) is 0.894. The Kier molecular flexibility index (Phi) is 2.87. The predicted octanol–water partition coefficient (Wildman–Crippen LogP) is 0.650. The van der Waals surface area contributed by atoms with Crippen LogP contribution in [0.1, 0.15) is 5.56 Å². The third kappa shape index (κ3) is 2.72. The number of sulfonamides is 1. The molecule has 94 valence electrons. The van der Waals surface area contributed by atoms with Gasteiger partial charge >= 0.3 is 11.7 Å². The number of hydrogen-bond acceptors (Lipinski definition) is 5. The summed E-state index contributed by atoms with van der Waals surface area (Å²) in [4.78, 5) is 26.4. The minimum absolute atomic E-state index is 0.0749. The maximum Gasteiger partial charge on any atom is 0.416 e. The lowest BCUT2D eigenvalue weighted by atomic mass is 10.1. The molecular formula is C10H9N2O5S+. The number of nitrogens with one attached hydrogen (secondary N) is 1. The van der Waals surface area contributed by atoms with Crippen LogP contribution >= 0.6 is 0 Å². The first-order chi connectivity index (χ1) is 8.35. The molecule has 1 heterocycles. The lowest BCUT2D eigenvalue weighted by Crippen LogP contribution is -2.09. The summed E-state index contributed by atoms with van der Waals surface area (Å²) in [6.07, 6.45) is 2.10. The molecule has 1 N–H and O–H groups in total. The first kappa shape index (κ1) is 12.2. The predicted molar refractivity (Wildman–Crippen MR) is 62.6 cm³/mol. The average Bonchev–Trinajstić information content (AvgIpc) is 2.57. The van der Waals surface area contributed by atoms with Crippen molar-refractivity contribution >= 4 is 27.4 Å². The van der Waals surface area contributed by atoms with Crippen LogP contribution in [0.3, 0.4) is 0 Å². The first-order valence-electron chi connectivity index (χ1n) is 4.84. The van der Waals surface area contributed by atoms with Gasteiger partial charge in [-0.15, -0.1) is 4.84 Å². The lowest BCUT2D eigenvalue weighted by molar-refractivity contribution is -0.702. The third-order valence-corrected chi connectivity index (χ3v) is 2.71. The molecule has 1 aliphatic rings. The van der Waals surface area contributed by atoms with E-state index in [2.05, 4.69) is 9.56 Å². The van der Waals surface area contributed by atoms with Crippen LogP contribution in [0.4, 0.5) is 5.69 Å². The van der Waals surface area contributed by atoms with Crippen LogP contribution in [0.5, 0.6) is 0 Å². The van der Waals surface area contributed by atoms with E-state index in [4.69, 9.17) is 0 Å². The topological polar surface area (TPSA) is 92.6 Å². The standard InChI is InChI=1S/C10H8N2O5S/c1-18(15,16)11-8-4-2-7(3-5-8)9-6-10(13)17-12(9)14/h2-6H,1H3/p+1. The molecular weight excluding hydrogens is 260 g/mol. The molecule has 0 amide bonds. The Balaban J connectivity index is 2.26. The molecule has 0 radical (unpaired) electrons. The number of carbonyl (C=O) groups is 1. The van der Waals surface area contributed by atoms with Crippen molar-refractivity contribution < 1.29 is 23.0 Å². The zero-order chi connectivity index (χ0) is 13.3. The molecule has 0 fully saturated rings. The van der Waals surface area contributed by atoms with E-state index >= 15 is 0 Å². The van der Waals surface area contributed by atoms with Gasteiger partial charge in [0.25, 0.3) is 4.92 Å². The van der Waals surface area contributed by atoms with Gasteiger partial charge in [0.15, 0.2) is 0 Å². The first-order valence-corrected chi connectivity index (χ1v) is 6.73. The summed E-state index contributed by atoms with van der Waals surface area (Å²) in [7, 11) is -3.34. The maximum absolute atomic E-state index is 11.2. The van der Waals surface area contributed by atoms with E-state index in [9.17, 15) is 18.1 Å². The fourth-order valence-electron chi connectivity index (χ4n) is 1.43. The van der Waals surface area contributed by atoms with E-state index < -0.39 is 16.0 Å². The minimum Gasteiger partial charge on any atom is -0.284 e. The van der Waals surface area contributed by atoms with Crippen LogP contribution < -0.4 is 4.72 Å². The highest BCUT2D eigenvalue weighted by atomic mass is 32.2. The van der Waals surface area contributed by atoms with Crippen molar-refractivity contribution in [1.29, 1.82) is 0 Å². The van der Waals surface area contributed by atoms with Gasteiger partial charge in [0.1, 0.15) is 6.08 Å². The fraction of sp³-hybridized carbons (Fsp3) is 0.100. The Morgan fingerprint density at radius 1 is 1.22 bits per heavy atom. The lowest BCUT2D eigenvalue weighted by Gasteiger charge is -2.02. The summed E-state index contributed by atoms with van der Waals surface area (Å²) >= 11 is 0. The van der Waals surface area contributed by atoms with Crippen molar-refractivity contribution in [2.45, 2.75) is 0 Å². The van der Waals surface area contributed by atoms with Crippen LogP contribution in [-0.2, 0) is 19.7 Å². The summed E-state index contributed by atoms with van der Waals surface area (Å²) in [5, 5.41) is 0. The van der Waals surface area contributed by atoms with Gasteiger partial charge in [0, 0.05) is 5.69 Å². The van der Waals surface area contributed by atoms with Gasteiger partial charge in [0.05, 0.1) is 16.7 Å². The molecule has 7 nitrogen and oxygen atoms in total. The highest BCUT2D eigenvalue weighted by Crippen LogP contribution is 2.22. The average molecular weight is 269 g/mol. The number of anilines is 1. The van der Waals surface area contributed by atoms with Gasteiger partial charge in [-0.1, -0.05) is 0 Å². The summed E-state index contributed by atoms with van der Waals surface area (Å²) in [5.74, 6) is -0.738. The van der Waals surface area contributed by atoms with Gasteiger partial charge in [-0.2, -0.15) is 0 Å². The number of rotatable bonds is 3. The monoisotopic (exact) mass is 269 g/mol. The molecule has 0 saturated carbocycles. The molecule has 0 bridgehead atoms. The highest BCUT2D eigenvalue weighted by molar-refractivity contribution is 7.92. The van der Waals surface area contributed by atoms with E-state index in [1.165, 1.54) is 24.3 Å². The van der Waals surface area contributed by atoms with Gasteiger partial charge in [-0.05, 0) is 24.3 Å². The molecule has 0 unspecified atom stereocenters. The smallest absolute Gasteiger partial charge is 0.284 e. The third-order valence-electron chi connectivity index (χ3n) is 2.11. The Bertz CT molecular complexity index is 645. The largest absolute Gasteiger partial charge is 0.416 e. The van der Waals surface area contributed by atoms with E-state index in [0.717, 1.165) is 12.3 Å². The van der Waals surface area contributed by atoms with Gasteiger partial charge in [0.2, 0.25) is 10.0 Å². The normalized spacial score (nSPS) is 15.3. The Morgan fingerprint density at radius 3 is 2.28 bits per heavy atom. The summed E-state index contributed by atoms with van der Waals surface area (Å²) in [6.45, 7) is 0. The van der Waals surface area contributed by atoms with Gasteiger partial charge in [-0.25, -0.2) is 13.2 Å². The second-order valence-corrected chi connectivity index (χ2v) is 5.40. The SMILES string of the molecule is CS(=O)(=O)Nc1ccc(C2=CC(=O)O[N+]2=O)cc1. The summed E-state index contributed by atoms with van der Waals surface area (Å²) in [6, 6.07) is 5.97. The van der Waals surface area contributed by atoms with Crippen molar-refractivity contribution in [3.05, 3.63) is 40.8 Å². The van der Waals surface area contributed by atoms with E-state index in [1.807, 2.05) is 0 Å². The van der Waals surface area contributed by atoms with Crippen LogP contribution in [0.25, 0.3) is 5.70 Å². The molecule has 1 aromatic carbocycles. The van der Waals surface area contributed by atoms with E-state index in [0.29, 0.717) is 11.3 Å². The maximum atomic E-state index is 11.2. The van der Waals surface area contributed by atoms with E-state index in [1.54, 1.807) is 0 Å². The van der Waals surface area contributed by atoms with Gasteiger partial charge < -0.3 is 0 Å². The van der Waals surface area contributed by atoms with Crippen molar-refractivity contribution in [2.24, 2.45) is 0 Å². The zero-order valence-electron chi connectivity index (χ0n) is 9.28. The quantitative estimate of drug-likeness (QED) is 0.869. The Hall–Kier alpha value is -2.22. The van der Waals surface area contributed by atoms with Crippen molar-refractivity contribution in [1.82, 2.24) is 0 Å². The Labute approximate surface area is 103 Å². The summed E-state index contributed by atoms with van der Waals surface area (Å²) < 4.78 is 24.3. The molecule has 0 spiro atoms. The number of hydrogen-bond donors (Lipinski definition) is 1. The second kappa shape index (κ2) is 4.22. The fourth-order valence-corrected chi connectivity index (χ4v) is 2.00. The zero-order valence-corrected chi connectivity index (χ0v) is 10.1. The van der Waals surface area contributed by atoms with Gasteiger partial charge in [-0.3, -0.25) is 4.72 Å². The van der Waals surface area contributed by atoms with Crippen molar-refractivity contribution in [3.63, 3.8) is 0 Å². The molecule has 0 atom stereocenters. The van der Waals surface area contributed by atoms with Crippen LogP contribution in [0, 0.1) is 4.91 Å². The molecule has 0 aliphatic carbocycles. The molecule has 0 saturated heterocycles. The molecule has 0 aromatic heterocycles. The number of carbonyl (C=O) groups excluding carboxylic acids is 1. The molecule has 1 aliphatic heterocycles. The molecule has 18 heavy (non-hydrogen) atoms. The van der Waals surface area contributed by atoms with Crippen LogP contribution in [0.15, 0.2) is 30.3 Å². The molecule has 1 aromatic rings. The highest BCUT2D eigenvalue weighted by Gasteiger charge is 2.34. The molecule has 8 heteroatoms. The minimum atomic E-state index is -3.34. The second-order valence-electron chi connectivity index (χ2n) is 3.65. The number of nitrogens with zero attached hydrogens (tertiary/aromatic N) is 1. The van der Waals surface area contributed by atoms with Crippen LogP contribution in [-0.4, -0.2) is 25.6 Å². The van der Waals surface area contributed by atoms with Crippen LogP contribution in [0.2, 0.25) is 0 Å². The van der Waals surface area contributed by atoms with Crippen molar-refractivity contribution in [3.8, 4) is 0 Å². The number of benzene rings is 1. The Morgan fingerprint density at radius 2 is 1.83 bits per heavy atom. The van der Waals surface area contributed by atoms with E-state index in [-0.39, 0.29) is 10.6 Å². The molecule has 2 rings (SSSR count). The van der Waals surface area contributed by atoms with Crippen molar-refractivity contribution in [2.75, 3.05) is 11.0 Å².